The molecule has 0 nitrogen and oxygen atoms in total. The van der Waals surface area contributed by atoms with Gasteiger partial charge in [-0.2, -0.15) is 0 Å². The average Bonchev–Trinajstić information content (AvgIpc) is 1.00. The van der Waals surface area contributed by atoms with Gasteiger partial charge in [-0.25, -0.2) is 0 Å². The molecule has 0 fully saturated rings. The van der Waals surface area contributed by atoms with Gasteiger partial charge in [0.2, 0.25) is 0 Å². The summed E-state index contributed by atoms with van der Waals surface area (Å²) < 4.78 is 0. The van der Waals surface area contributed by atoms with Gasteiger partial charge in [0.15, 0.2) is 0 Å². The van der Waals surface area contributed by atoms with Gasteiger partial charge in [-0.05, 0) is 0 Å². The van der Waals surface area contributed by atoms with Crippen molar-refractivity contribution in [1.82, 2.24) is 0 Å². The molecule has 0 amide bonds. The molecule has 0 N–H and O–H groups in total. The topological polar surface area (TPSA) is 0 Å². The fourth-order valence-electron chi connectivity index (χ4n) is 0. The van der Waals surface area contributed by atoms with Crippen LogP contribution in [0.5, 0.6) is 0 Å². The molecule has 20 valence electrons. The third-order valence-corrected chi connectivity index (χ3v) is 0. The van der Waals surface area contributed by atoms with Gasteiger partial charge in [0, 0.05) is 27.3 Å². The van der Waals surface area contributed by atoms with Crippen LogP contribution in [-0.4, -0.2) is 52.4 Å². The van der Waals surface area contributed by atoms with E-state index in [9.17, 15) is 0 Å². The summed E-state index contributed by atoms with van der Waals surface area (Å²) in [5.41, 5.74) is 0. The standard InChI is InChI=1S/As2H2.Cd.Sn.2H/c1-2;;;;/h1-2H;;;;. The Bertz CT molecular complexity index is 6.00. The summed E-state index contributed by atoms with van der Waals surface area (Å²) in [5.74, 6) is 0. The zero-order valence-electron chi connectivity index (χ0n) is 2.41. The second-order valence-electron chi connectivity index (χ2n) is 0. The molecule has 0 rings (SSSR count). The van der Waals surface area contributed by atoms with Crippen molar-refractivity contribution in [2.45, 2.75) is 0 Å². The molecular formula is H4As2CdSn. The molecule has 0 aromatic heterocycles. The fourth-order valence-corrected chi connectivity index (χ4v) is 0. The van der Waals surface area contributed by atoms with Gasteiger partial charge in [-0.3, -0.25) is 0 Å². The summed E-state index contributed by atoms with van der Waals surface area (Å²) in [7, 11) is 0. The summed E-state index contributed by atoms with van der Waals surface area (Å²) in [4.78, 5) is 0. The molecule has 4 heteroatoms. The van der Waals surface area contributed by atoms with E-state index in [0.717, 1.165) is 0 Å². The van der Waals surface area contributed by atoms with E-state index in [4.69, 9.17) is 0 Å². The van der Waals surface area contributed by atoms with Crippen LogP contribution in [0, 0.1) is 0 Å². The van der Waals surface area contributed by atoms with Gasteiger partial charge in [0.25, 0.3) is 0 Å². The van der Waals surface area contributed by atoms with Gasteiger partial charge in [0.05, 0.1) is 0 Å². The predicted octanol–water partition coefficient (Wildman–Crippen LogP) is -2.22. The Morgan fingerprint density at radius 2 is 1.00 bits per heavy atom. The van der Waals surface area contributed by atoms with Gasteiger partial charge in [0.1, 0.15) is 0 Å². The normalized spacial score (nSPS) is 1.00. The molecule has 2 radical (unpaired) electrons. The van der Waals surface area contributed by atoms with Crippen LogP contribution in [0.15, 0.2) is 0 Å². The third-order valence-electron chi connectivity index (χ3n) is 0. The molecule has 4 heavy (non-hydrogen) atoms. The molecule has 0 saturated heterocycles. The fraction of sp³-hybridized carbons (Fsp3) is 0. The van der Waals surface area contributed by atoms with Crippen LogP contribution in [0.25, 0.3) is 0 Å². The maximum absolute atomic E-state index is 2.00. The summed E-state index contributed by atoms with van der Waals surface area (Å²) >= 11 is 4.00. The number of hydrogen-bond donors (Lipinski definition) is 0. The molecule has 0 unspecified atom stereocenters. The molecule has 0 aromatic rings. The van der Waals surface area contributed by atoms with Crippen molar-refractivity contribution in [3.8, 4) is 0 Å². The second kappa shape index (κ2) is 17.0. The van der Waals surface area contributed by atoms with Crippen LogP contribution in [0.4, 0.5) is 0 Å². The minimum absolute atomic E-state index is 0. The Kier molecular flexibility index (Phi) is 67.1. The number of hydrogen-bond acceptors (Lipinski definition) is 0. The molecule has 0 atom stereocenters. The average molecular weight is 385 g/mol. The van der Waals surface area contributed by atoms with Crippen molar-refractivity contribution in [1.29, 1.82) is 0 Å². The number of rotatable bonds is 0. The first-order valence-electron chi connectivity index (χ1n) is 0.250. The third kappa shape index (κ3) is 8.85. The van der Waals surface area contributed by atoms with Crippen LogP contribution in [0.2, 0.25) is 0 Å². The van der Waals surface area contributed by atoms with Gasteiger partial charge in [-0.15, -0.1) is 0 Å². The first kappa shape index (κ1) is 15.8. The van der Waals surface area contributed by atoms with Crippen molar-refractivity contribution in [2.24, 2.45) is 0 Å². The van der Waals surface area contributed by atoms with Crippen LogP contribution >= 0.6 is 0 Å². The molecule has 0 aliphatic heterocycles. The van der Waals surface area contributed by atoms with E-state index in [0.29, 0.717) is 0 Å². The first-order chi connectivity index (χ1) is 1.00. The van der Waals surface area contributed by atoms with Gasteiger partial charge < -0.3 is 0 Å². The summed E-state index contributed by atoms with van der Waals surface area (Å²) in [5, 5.41) is 0. The molecule has 0 bridgehead atoms. The Balaban J connectivity index is -0.00000000500. The zero-order valence-corrected chi connectivity index (χ0v) is 14.7. The van der Waals surface area contributed by atoms with Crippen molar-refractivity contribution >= 4 is 52.4 Å². The summed E-state index contributed by atoms with van der Waals surface area (Å²) in [6.07, 6.45) is 0. The molecule has 0 spiro atoms. The van der Waals surface area contributed by atoms with E-state index in [1.165, 1.54) is 0 Å². The van der Waals surface area contributed by atoms with E-state index in [-0.39, 0.29) is 51.2 Å². The van der Waals surface area contributed by atoms with Crippen molar-refractivity contribution < 1.29 is 27.3 Å². The summed E-state index contributed by atoms with van der Waals surface area (Å²) in [6, 6.07) is 0. The molecular weight excluding hydrogens is 381 g/mol. The zero-order chi connectivity index (χ0) is 2.00. The Morgan fingerprint density at radius 3 is 1.00 bits per heavy atom. The second-order valence-corrected chi connectivity index (χ2v) is 0. The Labute approximate surface area is 78.2 Å². The van der Waals surface area contributed by atoms with E-state index in [2.05, 4.69) is 0 Å². The molecule has 0 aliphatic rings. The van der Waals surface area contributed by atoms with Crippen LogP contribution in [0.3, 0.4) is 0 Å². The molecule has 0 heterocycles. The van der Waals surface area contributed by atoms with Crippen LogP contribution in [0.1, 0.15) is 0 Å². The van der Waals surface area contributed by atoms with E-state index < -0.39 is 0 Å². The molecule has 0 aromatic carbocycles. The molecule has 0 aliphatic carbocycles. The van der Waals surface area contributed by atoms with E-state index in [1.807, 2.05) is 28.5 Å². The predicted molar refractivity (Wildman–Crippen MR) is 22.8 cm³/mol. The van der Waals surface area contributed by atoms with Crippen molar-refractivity contribution in [2.75, 3.05) is 0 Å². The van der Waals surface area contributed by atoms with E-state index >= 15 is 0 Å². The quantitative estimate of drug-likeness (QED) is 0.415. The van der Waals surface area contributed by atoms with Gasteiger partial charge in [-0.1, -0.05) is 0 Å². The SMILES string of the molecule is [AsH]=[AsH].[Cd].[SnH2]. The van der Waals surface area contributed by atoms with Crippen molar-refractivity contribution in [3.63, 3.8) is 0 Å². The Morgan fingerprint density at radius 1 is 1.00 bits per heavy atom. The van der Waals surface area contributed by atoms with Crippen molar-refractivity contribution in [3.05, 3.63) is 0 Å². The Hall–Kier alpha value is 2.84. The van der Waals surface area contributed by atoms with Crippen LogP contribution in [-0.2, 0) is 27.3 Å². The first-order valence-corrected chi connectivity index (χ1v) is 6.75. The maximum atomic E-state index is 2.00. The minimum atomic E-state index is 0. The summed E-state index contributed by atoms with van der Waals surface area (Å²) in [6.45, 7) is 0. The van der Waals surface area contributed by atoms with E-state index in [1.54, 1.807) is 0 Å². The molecule has 0 saturated carbocycles. The van der Waals surface area contributed by atoms with Gasteiger partial charge >= 0.3 is 52.4 Å². The monoisotopic (exact) mass is 388 g/mol. The van der Waals surface area contributed by atoms with Crippen LogP contribution < -0.4 is 0 Å².